The van der Waals surface area contributed by atoms with E-state index in [1.807, 2.05) is 13.8 Å². The fourth-order valence-corrected chi connectivity index (χ4v) is 3.21. The Bertz CT molecular complexity index is 646. The van der Waals surface area contributed by atoms with Crippen LogP contribution in [-0.2, 0) is 0 Å². The van der Waals surface area contributed by atoms with Crippen molar-refractivity contribution in [3.05, 3.63) is 36.0 Å². The summed E-state index contributed by atoms with van der Waals surface area (Å²) in [5.41, 5.74) is 0.582. The Morgan fingerprint density at radius 1 is 1.47 bits per heavy atom. The fourth-order valence-electron chi connectivity index (χ4n) is 1.28. The quantitative estimate of drug-likeness (QED) is 0.691. The third kappa shape index (κ3) is 2.91. The van der Waals surface area contributed by atoms with Crippen LogP contribution < -0.4 is 5.32 Å². The lowest BCUT2D eigenvalue weighted by atomic mass is 10.4. The maximum Gasteiger partial charge on any atom is 0.299 e. The summed E-state index contributed by atoms with van der Waals surface area (Å²) in [6, 6.07) is 1.16. The molecule has 2 heterocycles. The smallest absolute Gasteiger partial charge is 0.297 e. The van der Waals surface area contributed by atoms with Crippen LogP contribution in [0.1, 0.15) is 20.2 Å². The second-order valence-electron chi connectivity index (χ2n) is 3.64. The molecule has 2 rings (SSSR count). The summed E-state index contributed by atoms with van der Waals surface area (Å²) in [5, 5.41) is 13.7. The van der Waals surface area contributed by atoms with E-state index in [9.17, 15) is 14.9 Å². The molecular weight excluding hydrogens is 310 g/mol. The van der Waals surface area contributed by atoms with Gasteiger partial charge in [0.15, 0.2) is 9.47 Å². The number of carbonyl (C=O) groups is 1. The van der Waals surface area contributed by atoms with Crippen molar-refractivity contribution >= 4 is 51.0 Å². The van der Waals surface area contributed by atoms with Crippen molar-refractivity contribution in [3.8, 4) is 0 Å². The maximum atomic E-state index is 11.9. The van der Waals surface area contributed by atoms with Crippen molar-refractivity contribution in [3.63, 3.8) is 0 Å². The Balaban J connectivity index is 2.20. The van der Waals surface area contributed by atoms with Crippen molar-refractivity contribution < 1.29 is 9.72 Å². The van der Waals surface area contributed by atoms with Crippen LogP contribution >= 0.6 is 34.3 Å². The molecule has 1 amide bonds. The number of hydrogen-bond donors (Lipinski definition) is 1. The zero-order valence-electron chi connectivity index (χ0n) is 9.89. The van der Waals surface area contributed by atoms with Crippen molar-refractivity contribution in [2.75, 3.05) is 5.32 Å². The Hall–Kier alpha value is -1.51. The van der Waals surface area contributed by atoms with E-state index >= 15 is 0 Å². The van der Waals surface area contributed by atoms with Gasteiger partial charge in [0, 0.05) is 10.9 Å². The maximum absolute atomic E-state index is 11.9. The van der Waals surface area contributed by atoms with Crippen LogP contribution in [0.15, 0.2) is 6.07 Å². The average Bonchev–Trinajstić information content (AvgIpc) is 2.83. The van der Waals surface area contributed by atoms with E-state index in [1.165, 1.54) is 11.3 Å². The molecule has 0 aliphatic heterocycles. The first-order chi connectivity index (χ1) is 8.88. The molecule has 0 fully saturated rings. The summed E-state index contributed by atoms with van der Waals surface area (Å²) < 4.78 is -0.0124. The largest absolute Gasteiger partial charge is 0.299 e. The molecule has 0 aromatic carbocycles. The highest BCUT2D eigenvalue weighted by Gasteiger charge is 2.21. The molecule has 0 saturated carbocycles. The average molecular weight is 318 g/mol. The molecule has 0 atom stereocenters. The number of halogens is 1. The van der Waals surface area contributed by atoms with E-state index in [1.54, 1.807) is 0 Å². The van der Waals surface area contributed by atoms with Crippen LogP contribution in [0.5, 0.6) is 0 Å². The minimum Gasteiger partial charge on any atom is -0.297 e. The number of aromatic nitrogens is 1. The van der Waals surface area contributed by atoms with Crippen LogP contribution in [0.25, 0.3) is 0 Å². The zero-order chi connectivity index (χ0) is 14.2. The van der Waals surface area contributed by atoms with E-state index in [0.29, 0.717) is 5.13 Å². The van der Waals surface area contributed by atoms with E-state index in [2.05, 4.69) is 10.3 Å². The van der Waals surface area contributed by atoms with Crippen molar-refractivity contribution in [1.29, 1.82) is 0 Å². The van der Waals surface area contributed by atoms with Gasteiger partial charge in [-0.3, -0.25) is 20.2 Å². The molecule has 0 radical (unpaired) electrons. The summed E-state index contributed by atoms with van der Waals surface area (Å²) in [5.74, 6) is -0.450. The fraction of sp³-hybridized carbons (Fsp3) is 0.200. The first-order valence-corrected chi connectivity index (χ1v) is 7.08. The molecule has 0 aliphatic rings. The second kappa shape index (κ2) is 5.24. The van der Waals surface area contributed by atoms with Gasteiger partial charge in [-0.2, -0.15) is 0 Å². The lowest BCUT2D eigenvalue weighted by molar-refractivity contribution is -0.384. The third-order valence-corrected chi connectivity index (χ3v) is 4.66. The molecule has 0 bridgehead atoms. The van der Waals surface area contributed by atoms with Gasteiger partial charge in [0.1, 0.15) is 4.88 Å². The van der Waals surface area contributed by atoms with Crippen LogP contribution in [0.2, 0.25) is 4.34 Å². The summed E-state index contributed by atoms with van der Waals surface area (Å²) in [4.78, 5) is 27.3. The van der Waals surface area contributed by atoms with Gasteiger partial charge in [0.05, 0.1) is 10.6 Å². The lowest BCUT2D eigenvalue weighted by Crippen LogP contribution is -2.09. The highest BCUT2D eigenvalue weighted by atomic mass is 35.5. The molecule has 19 heavy (non-hydrogen) atoms. The monoisotopic (exact) mass is 317 g/mol. The molecule has 0 spiro atoms. The predicted molar refractivity (Wildman–Crippen MR) is 75.5 cm³/mol. The first kappa shape index (κ1) is 13.9. The van der Waals surface area contributed by atoms with Gasteiger partial charge in [-0.05, 0) is 13.8 Å². The standard InChI is InChI=1S/C10H8ClN3O3S2/c1-4-5(2)18-10(12-4)13-9(15)7-3-6(14(16)17)8(11)19-7/h3H,1-2H3,(H,12,13,15). The van der Waals surface area contributed by atoms with Gasteiger partial charge in [0.25, 0.3) is 11.6 Å². The van der Waals surface area contributed by atoms with Crippen LogP contribution in [0.3, 0.4) is 0 Å². The summed E-state index contributed by atoms with van der Waals surface area (Å²) in [6.45, 7) is 3.74. The zero-order valence-corrected chi connectivity index (χ0v) is 12.3. The van der Waals surface area contributed by atoms with Crippen LogP contribution in [0, 0.1) is 24.0 Å². The Morgan fingerprint density at radius 2 is 2.16 bits per heavy atom. The molecule has 0 unspecified atom stereocenters. The number of carbonyl (C=O) groups excluding carboxylic acids is 1. The number of amides is 1. The summed E-state index contributed by atoms with van der Waals surface area (Å²) in [7, 11) is 0. The molecule has 100 valence electrons. The lowest BCUT2D eigenvalue weighted by Gasteiger charge is -1.96. The van der Waals surface area contributed by atoms with Crippen LogP contribution in [0.4, 0.5) is 10.8 Å². The minimum atomic E-state index is -0.618. The molecule has 0 saturated heterocycles. The van der Waals surface area contributed by atoms with Gasteiger partial charge in [-0.25, -0.2) is 4.98 Å². The number of nitrogens with zero attached hydrogens (tertiary/aromatic N) is 2. The number of nitrogens with one attached hydrogen (secondary N) is 1. The van der Waals surface area contributed by atoms with Gasteiger partial charge < -0.3 is 0 Å². The highest BCUT2D eigenvalue weighted by molar-refractivity contribution is 7.19. The predicted octanol–water partition coefficient (Wildman–Crippen LogP) is 3.64. The Kier molecular flexibility index (Phi) is 3.83. The van der Waals surface area contributed by atoms with Gasteiger partial charge in [0.2, 0.25) is 0 Å². The molecular formula is C10H8ClN3O3S2. The van der Waals surface area contributed by atoms with Gasteiger partial charge in [-0.15, -0.1) is 22.7 Å². The topological polar surface area (TPSA) is 85.1 Å². The van der Waals surface area contributed by atoms with E-state index in [0.717, 1.165) is 28.0 Å². The number of anilines is 1. The number of aryl methyl sites for hydroxylation is 2. The van der Waals surface area contributed by atoms with Gasteiger partial charge in [-0.1, -0.05) is 11.6 Å². The molecule has 6 nitrogen and oxygen atoms in total. The number of rotatable bonds is 3. The van der Waals surface area contributed by atoms with Gasteiger partial charge >= 0.3 is 0 Å². The van der Waals surface area contributed by atoms with Crippen LogP contribution in [-0.4, -0.2) is 15.8 Å². The molecule has 1 N–H and O–H groups in total. The number of thiazole rings is 1. The first-order valence-electron chi connectivity index (χ1n) is 5.07. The normalized spacial score (nSPS) is 10.5. The van der Waals surface area contributed by atoms with E-state index in [4.69, 9.17) is 11.6 Å². The van der Waals surface area contributed by atoms with E-state index < -0.39 is 10.8 Å². The number of hydrogen-bond acceptors (Lipinski definition) is 6. The summed E-state index contributed by atoms with van der Waals surface area (Å²) >= 11 is 7.92. The van der Waals surface area contributed by atoms with Crippen molar-refractivity contribution in [2.24, 2.45) is 0 Å². The summed E-state index contributed by atoms with van der Waals surface area (Å²) in [6.07, 6.45) is 0. The highest BCUT2D eigenvalue weighted by Crippen LogP contribution is 2.34. The molecule has 9 heteroatoms. The number of nitro groups is 1. The van der Waals surface area contributed by atoms with Crippen molar-refractivity contribution in [2.45, 2.75) is 13.8 Å². The number of thiophene rings is 1. The SMILES string of the molecule is Cc1nc(NC(=O)c2cc([N+](=O)[O-])c(Cl)s2)sc1C. The van der Waals surface area contributed by atoms with E-state index in [-0.39, 0.29) is 14.9 Å². The Labute approximate surface area is 121 Å². The van der Waals surface area contributed by atoms with Crippen molar-refractivity contribution in [1.82, 2.24) is 4.98 Å². The Morgan fingerprint density at radius 3 is 2.63 bits per heavy atom. The third-order valence-electron chi connectivity index (χ3n) is 2.34. The molecule has 2 aromatic rings. The molecule has 2 aromatic heterocycles. The second-order valence-corrected chi connectivity index (χ2v) is 6.50. The minimum absolute atomic E-state index is 0.0124. The molecule has 0 aliphatic carbocycles.